The first-order valence-electron chi connectivity index (χ1n) is 9.78. The first kappa shape index (κ1) is 18.9. The highest BCUT2D eigenvalue weighted by Crippen LogP contribution is 2.27. The molecule has 1 N–H and O–H groups in total. The smallest absolute Gasteiger partial charge is 0.256 e. The second-order valence-electron chi connectivity index (χ2n) is 7.67. The van der Waals surface area contributed by atoms with Gasteiger partial charge in [0.2, 0.25) is 0 Å². The van der Waals surface area contributed by atoms with Crippen LogP contribution in [0.25, 0.3) is 22.2 Å². The predicted octanol–water partition coefficient (Wildman–Crippen LogP) is 6.39. The Bertz CT molecular complexity index is 1200. The predicted molar refractivity (Wildman–Crippen MR) is 121 cm³/mol. The molecule has 0 unspecified atom stereocenters. The number of nitrogens with one attached hydrogen (secondary N) is 1. The minimum absolute atomic E-state index is 0.119. The molecule has 144 valence electrons. The van der Waals surface area contributed by atoms with Crippen LogP contribution in [0.15, 0.2) is 66.7 Å². The van der Waals surface area contributed by atoms with Crippen molar-refractivity contribution in [3.8, 4) is 11.3 Å². The highest BCUT2D eigenvalue weighted by Gasteiger charge is 2.16. The van der Waals surface area contributed by atoms with Gasteiger partial charge in [-0.2, -0.15) is 0 Å². The number of pyridine rings is 1. The van der Waals surface area contributed by atoms with Crippen LogP contribution in [0.3, 0.4) is 0 Å². The van der Waals surface area contributed by atoms with Gasteiger partial charge >= 0.3 is 0 Å². The molecule has 0 aliphatic rings. The highest BCUT2D eigenvalue weighted by molar-refractivity contribution is 6.13. The lowest BCUT2D eigenvalue weighted by atomic mass is 10.0. The van der Waals surface area contributed by atoms with E-state index in [4.69, 9.17) is 4.98 Å². The van der Waals surface area contributed by atoms with E-state index in [9.17, 15) is 4.79 Å². The fourth-order valence-electron chi connectivity index (χ4n) is 3.79. The lowest BCUT2D eigenvalue weighted by molar-refractivity contribution is 0.102. The fraction of sp³-hybridized carbons (Fsp3) is 0.154. The Hall–Kier alpha value is -3.46. The van der Waals surface area contributed by atoms with Crippen LogP contribution in [0.5, 0.6) is 0 Å². The Labute approximate surface area is 171 Å². The first-order chi connectivity index (χ1) is 13.9. The fourth-order valence-corrected chi connectivity index (χ4v) is 3.79. The molecule has 3 aromatic carbocycles. The van der Waals surface area contributed by atoms with Gasteiger partial charge in [-0.25, -0.2) is 4.98 Å². The van der Waals surface area contributed by atoms with E-state index >= 15 is 0 Å². The molecule has 29 heavy (non-hydrogen) atoms. The molecule has 0 bridgehead atoms. The summed E-state index contributed by atoms with van der Waals surface area (Å²) >= 11 is 0. The molecular weight excluding hydrogens is 356 g/mol. The van der Waals surface area contributed by atoms with Crippen LogP contribution in [-0.2, 0) is 0 Å². The Balaban J connectivity index is 1.82. The molecular formula is C26H24N2O. The molecule has 0 saturated heterocycles. The molecule has 1 heterocycles. The van der Waals surface area contributed by atoms with Gasteiger partial charge < -0.3 is 5.32 Å². The number of amides is 1. The van der Waals surface area contributed by atoms with Crippen LogP contribution < -0.4 is 5.32 Å². The minimum Gasteiger partial charge on any atom is -0.321 e. The van der Waals surface area contributed by atoms with Gasteiger partial charge in [-0.15, -0.1) is 0 Å². The van der Waals surface area contributed by atoms with Crippen molar-refractivity contribution in [1.82, 2.24) is 4.98 Å². The summed E-state index contributed by atoms with van der Waals surface area (Å²) in [4.78, 5) is 18.1. The van der Waals surface area contributed by atoms with Crippen molar-refractivity contribution in [2.45, 2.75) is 27.7 Å². The molecule has 0 aliphatic carbocycles. The molecule has 3 heteroatoms. The number of aromatic nitrogens is 1. The molecule has 3 nitrogen and oxygen atoms in total. The van der Waals surface area contributed by atoms with Crippen LogP contribution in [-0.4, -0.2) is 10.9 Å². The average molecular weight is 380 g/mol. The first-order valence-corrected chi connectivity index (χ1v) is 9.78. The van der Waals surface area contributed by atoms with Gasteiger partial charge in [-0.3, -0.25) is 4.79 Å². The third-order valence-electron chi connectivity index (χ3n) is 5.22. The Morgan fingerprint density at radius 3 is 2.14 bits per heavy atom. The number of nitrogens with zero attached hydrogens (tertiary/aromatic N) is 1. The Morgan fingerprint density at radius 2 is 1.45 bits per heavy atom. The number of aryl methyl sites for hydroxylation is 4. The second kappa shape index (κ2) is 7.51. The molecule has 0 aliphatic heterocycles. The van der Waals surface area contributed by atoms with E-state index in [2.05, 4.69) is 43.4 Å². The zero-order valence-electron chi connectivity index (χ0n) is 17.2. The van der Waals surface area contributed by atoms with E-state index in [1.54, 1.807) is 0 Å². The minimum atomic E-state index is -0.119. The molecule has 0 spiro atoms. The van der Waals surface area contributed by atoms with Gasteiger partial charge in [0, 0.05) is 16.6 Å². The second-order valence-corrected chi connectivity index (χ2v) is 7.67. The Kier molecular flexibility index (Phi) is 4.89. The van der Waals surface area contributed by atoms with E-state index in [-0.39, 0.29) is 5.91 Å². The van der Waals surface area contributed by atoms with Crippen molar-refractivity contribution >= 4 is 22.5 Å². The summed E-state index contributed by atoms with van der Waals surface area (Å²) in [5.41, 5.74) is 8.62. The normalized spacial score (nSPS) is 10.9. The van der Waals surface area contributed by atoms with Gasteiger partial charge in [0.25, 0.3) is 5.91 Å². The number of fused-ring (bicyclic) bond motifs is 1. The van der Waals surface area contributed by atoms with Crippen molar-refractivity contribution in [3.05, 3.63) is 94.5 Å². The third kappa shape index (κ3) is 3.77. The standard InChI is InChI=1S/C26H24N2O/c1-16-9-11-20(12-10-16)24-15-22(21-7-5-6-8-23(21)27-24)26(29)28-25-18(3)13-17(2)14-19(25)4/h5-15H,1-4H3,(H,28,29). The number of benzene rings is 3. The van der Waals surface area contributed by atoms with Crippen LogP contribution in [0.4, 0.5) is 5.69 Å². The van der Waals surface area contributed by atoms with E-state index in [1.807, 2.05) is 56.3 Å². The Morgan fingerprint density at radius 1 is 0.793 bits per heavy atom. The number of hydrogen-bond donors (Lipinski definition) is 1. The molecule has 4 rings (SSSR count). The van der Waals surface area contributed by atoms with Crippen molar-refractivity contribution in [3.63, 3.8) is 0 Å². The van der Waals surface area contributed by atoms with E-state index in [0.717, 1.165) is 39.0 Å². The topological polar surface area (TPSA) is 42.0 Å². The van der Waals surface area contributed by atoms with Crippen LogP contribution in [0.1, 0.15) is 32.6 Å². The summed E-state index contributed by atoms with van der Waals surface area (Å²) in [7, 11) is 0. The van der Waals surface area contributed by atoms with E-state index < -0.39 is 0 Å². The number of hydrogen-bond acceptors (Lipinski definition) is 2. The number of anilines is 1. The van der Waals surface area contributed by atoms with Gasteiger partial charge in [0.1, 0.15) is 0 Å². The van der Waals surface area contributed by atoms with Crippen LogP contribution >= 0.6 is 0 Å². The van der Waals surface area contributed by atoms with E-state index in [1.165, 1.54) is 11.1 Å². The molecule has 4 aromatic rings. The largest absolute Gasteiger partial charge is 0.321 e. The van der Waals surface area contributed by atoms with E-state index in [0.29, 0.717) is 5.56 Å². The summed E-state index contributed by atoms with van der Waals surface area (Å²) in [5, 5.41) is 3.99. The molecule has 0 radical (unpaired) electrons. The average Bonchev–Trinajstić information content (AvgIpc) is 2.70. The maximum atomic E-state index is 13.3. The summed E-state index contributed by atoms with van der Waals surface area (Å²) in [6, 6.07) is 22.1. The van der Waals surface area contributed by atoms with Gasteiger partial charge in [0.15, 0.2) is 0 Å². The lowest BCUT2D eigenvalue weighted by Gasteiger charge is -2.15. The molecule has 0 fully saturated rings. The van der Waals surface area contributed by atoms with Crippen molar-refractivity contribution in [2.75, 3.05) is 5.32 Å². The third-order valence-corrected chi connectivity index (χ3v) is 5.22. The van der Waals surface area contributed by atoms with Crippen molar-refractivity contribution < 1.29 is 4.79 Å². The number of carbonyl (C=O) groups excluding carboxylic acids is 1. The maximum absolute atomic E-state index is 13.3. The lowest BCUT2D eigenvalue weighted by Crippen LogP contribution is -2.15. The van der Waals surface area contributed by atoms with Crippen molar-refractivity contribution in [1.29, 1.82) is 0 Å². The van der Waals surface area contributed by atoms with Gasteiger partial charge in [-0.1, -0.05) is 65.7 Å². The summed E-state index contributed by atoms with van der Waals surface area (Å²) < 4.78 is 0. The highest BCUT2D eigenvalue weighted by atomic mass is 16.1. The number of carbonyl (C=O) groups is 1. The van der Waals surface area contributed by atoms with Gasteiger partial charge in [-0.05, 0) is 51.0 Å². The molecule has 1 aromatic heterocycles. The zero-order valence-corrected chi connectivity index (χ0v) is 17.2. The summed E-state index contributed by atoms with van der Waals surface area (Å²) in [5.74, 6) is -0.119. The zero-order chi connectivity index (χ0) is 20.5. The monoisotopic (exact) mass is 380 g/mol. The van der Waals surface area contributed by atoms with Crippen molar-refractivity contribution in [2.24, 2.45) is 0 Å². The molecule has 0 saturated carbocycles. The van der Waals surface area contributed by atoms with Gasteiger partial charge in [0.05, 0.1) is 16.8 Å². The quantitative estimate of drug-likeness (QED) is 0.447. The van der Waals surface area contributed by atoms with Crippen LogP contribution in [0, 0.1) is 27.7 Å². The number of rotatable bonds is 3. The SMILES string of the molecule is Cc1ccc(-c2cc(C(=O)Nc3c(C)cc(C)cc3C)c3ccccc3n2)cc1. The summed E-state index contributed by atoms with van der Waals surface area (Å²) in [6.07, 6.45) is 0. The van der Waals surface area contributed by atoms with Crippen LogP contribution in [0.2, 0.25) is 0 Å². The molecule has 1 amide bonds. The molecule has 0 atom stereocenters. The summed E-state index contributed by atoms with van der Waals surface area (Å²) in [6.45, 7) is 8.18. The number of para-hydroxylation sites is 1. The maximum Gasteiger partial charge on any atom is 0.256 e.